The van der Waals surface area contributed by atoms with Gasteiger partial charge in [0.15, 0.2) is 0 Å². The van der Waals surface area contributed by atoms with Crippen molar-refractivity contribution >= 4 is 30.3 Å². The number of hydrogen-bond donors (Lipinski definition) is 0. The molecule has 1 aliphatic heterocycles. The molecule has 0 amide bonds. The van der Waals surface area contributed by atoms with Crippen molar-refractivity contribution < 1.29 is 0 Å². The van der Waals surface area contributed by atoms with Gasteiger partial charge in [0.2, 0.25) is 0 Å². The number of fused-ring (bicyclic) bond motifs is 1. The van der Waals surface area contributed by atoms with E-state index in [2.05, 4.69) is 40.1 Å². The molecule has 0 aliphatic carbocycles. The molecular formula is C12H13I. The van der Waals surface area contributed by atoms with Crippen LogP contribution in [0.5, 0.6) is 0 Å². The highest BCUT2D eigenvalue weighted by Gasteiger charge is 2.07. The molecule has 0 saturated heterocycles. The first-order chi connectivity index (χ1) is 6.31. The van der Waals surface area contributed by atoms with Crippen LogP contribution < -0.4 is 0 Å². The Kier molecular flexibility index (Phi) is 2.63. The van der Waals surface area contributed by atoms with Crippen LogP contribution in [0.3, 0.4) is 0 Å². The molecule has 0 unspecified atom stereocenters. The van der Waals surface area contributed by atoms with Crippen molar-refractivity contribution in [3.05, 3.63) is 39.0 Å². The van der Waals surface area contributed by atoms with Crippen LogP contribution in [0.2, 0.25) is 0 Å². The van der Waals surface area contributed by atoms with Crippen LogP contribution in [0.4, 0.5) is 0 Å². The molecule has 1 aliphatic rings. The van der Waals surface area contributed by atoms with Crippen LogP contribution in [0.15, 0.2) is 22.3 Å². The second-order valence-corrected chi connectivity index (χ2v) is 5.28. The molecule has 0 fully saturated rings. The van der Waals surface area contributed by atoms with E-state index in [1.165, 1.54) is 23.1 Å². The van der Waals surface area contributed by atoms with E-state index in [9.17, 15) is 0 Å². The monoisotopic (exact) mass is 284 g/mol. The van der Waals surface area contributed by atoms with Crippen molar-refractivity contribution in [3.8, 4) is 0 Å². The van der Waals surface area contributed by atoms with Crippen LogP contribution in [0.25, 0.3) is 5.57 Å². The molecule has 0 N–H and O–H groups in total. The van der Waals surface area contributed by atoms with Crippen molar-refractivity contribution in [1.82, 2.24) is 0 Å². The van der Waals surface area contributed by atoms with Crippen molar-refractivity contribution in [2.45, 2.75) is 20.3 Å². The van der Waals surface area contributed by atoms with Gasteiger partial charge in [0, 0.05) is 0 Å². The quantitative estimate of drug-likeness (QED) is 0.686. The number of rotatable bonds is 1. The molecule has 13 heavy (non-hydrogen) atoms. The summed E-state index contributed by atoms with van der Waals surface area (Å²) in [5.74, 6) is 0. The summed E-state index contributed by atoms with van der Waals surface area (Å²) in [5, 5.41) is 0. The van der Waals surface area contributed by atoms with Gasteiger partial charge in [0.05, 0.1) is 0 Å². The lowest BCUT2D eigenvalue weighted by molar-refractivity contribution is 1.24. The van der Waals surface area contributed by atoms with E-state index in [0.717, 1.165) is 0 Å². The summed E-state index contributed by atoms with van der Waals surface area (Å²) >= 11 is 0.182. The topological polar surface area (TPSA) is 0 Å². The summed E-state index contributed by atoms with van der Waals surface area (Å²) in [5.41, 5.74) is 5.84. The van der Waals surface area contributed by atoms with Gasteiger partial charge in [0.25, 0.3) is 0 Å². The predicted molar refractivity (Wildman–Crippen MR) is 68.6 cm³/mol. The first kappa shape index (κ1) is 9.13. The standard InChI is InChI=1S/C12H13I/c1-3-10-7-13-8-11-5-4-9(2)6-12(10)11/h4-8H,3H2,1-2H3. The van der Waals surface area contributed by atoms with Crippen LogP contribution in [-0.2, 0) is 0 Å². The highest BCUT2D eigenvalue weighted by molar-refractivity contribution is 14.2. The van der Waals surface area contributed by atoms with E-state index in [4.69, 9.17) is 0 Å². The smallest absolute Gasteiger partial charge is 0.0124 e. The Labute approximate surface area is 89.4 Å². The fraction of sp³-hybridized carbons (Fsp3) is 0.250. The van der Waals surface area contributed by atoms with Crippen molar-refractivity contribution in [3.63, 3.8) is 0 Å². The molecule has 0 spiro atoms. The molecule has 0 atom stereocenters. The number of allylic oxidation sites excluding steroid dienone is 1. The van der Waals surface area contributed by atoms with Gasteiger partial charge in [-0.3, -0.25) is 0 Å². The van der Waals surface area contributed by atoms with E-state index in [1.807, 2.05) is 0 Å². The van der Waals surface area contributed by atoms with Gasteiger partial charge >= 0.3 is 0 Å². The van der Waals surface area contributed by atoms with Gasteiger partial charge in [-0.05, 0) is 38.1 Å². The molecule has 0 saturated carbocycles. The average Bonchev–Trinajstić information content (AvgIpc) is 2.17. The molecule has 0 radical (unpaired) electrons. The summed E-state index contributed by atoms with van der Waals surface area (Å²) in [6.07, 6.45) is 1.17. The van der Waals surface area contributed by atoms with Gasteiger partial charge in [-0.2, -0.15) is 0 Å². The third kappa shape index (κ3) is 1.75. The molecule has 1 heteroatoms. The second-order valence-electron chi connectivity index (χ2n) is 3.31. The number of benzene rings is 1. The third-order valence-corrected chi connectivity index (χ3v) is 4.45. The minimum atomic E-state index is 0.182. The van der Waals surface area contributed by atoms with Crippen molar-refractivity contribution in [1.29, 1.82) is 0 Å². The van der Waals surface area contributed by atoms with Gasteiger partial charge < -0.3 is 0 Å². The lowest BCUT2D eigenvalue weighted by atomic mass is 9.98. The number of aryl methyl sites for hydroxylation is 1. The van der Waals surface area contributed by atoms with Crippen LogP contribution in [0, 0.1) is 6.92 Å². The molecular weight excluding hydrogens is 271 g/mol. The minimum absolute atomic E-state index is 0.182. The van der Waals surface area contributed by atoms with Crippen LogP contribution in [0.1, 0.15) is 30.0 Å². The second kappa shape index (κ2) is 3.74. The van der Waals surface area contributed by atoms with E-state index in [-0.39, 0.29) is 20.7 Å². The maximum atomic E-state index is 2.45. The summed E-state index contributed by atoms with van der Waals surface area (Å²) < 4.78 is 4.85. The zero-order chi connectivity index (χ0) is 9.26. The fourth-order valence-electron chi connectivity index (χ4n) is 1.55. The SMILES string of the molecule is CCC1=CI=Cc2ccc(C)cc21. The van der Waals surface area contributed by atoms with Crippen LogP contribution in [-0.4, -0.2) is 4.01 Å². The Morgan fingerprint density at radius 1 is 1.31 bits per heavy atom. The highest BCUT2D eigenvalue weighted by atomic mass is 127. The Bertz CT molecular complexity index is 386. The Hall–Kier alpha value is -0.440. The molecule has 0 nitrogen and oxygen atoms in total. The molecule has 68 valence electrons. The van der Waals surface area contributed by atoms with Crippen molar-refractivity contribution in [2.75, 3.05) is 0 Å². The van der Waals surface area contributed by atoms with Crippen LogP contribution >= 0.6 is 20.7 Å². The van der Waals surface area contributed by atoms with E-state index >= 15 is 0 Å². The van der Waals surface area contributed by atoms with Gasteiger partial charge in [-0.25, -0.2) is 0 Å². The number of hydrogen-bond acceptors (Lipinski definition) is 0. The molecule has 1 aromatic rings. The third-order valence-electron chi connectivity index (χ3n) is 2.31. The highest BCUT2D eigenvalue weighted by Crippen LogP contribution is 2.29. The van der Waals surface area contributed by atoms with E-state index < -0.39 is 0 Å². The zero-order valence-corrected chi connectivity index (χ0v) is 10.1. The van der Waals surface area contributed by atoms with Gasteiger partial charge in [-0.1, -0.05) is 51.4 Å². The summed E-state index contributed by atoms with van der Waals surface area (Å²) in [7, 11) is 0. The van der Waals surface area contributed by atoms with E-state index in [1.54, 1.807) is 5.57 Å². The predicted octanol–water partition coefficient (Wildman–Crippen LogP) is 3.88. The largest absolute Gasteiger partial charge is 0.0928 e. The lowest BCUT2D eigenvalue weighted by Gasteiger charge is -2.12. The number of halogens is 1. The van der Waals surface area contributed by atoms with Crippen molar-refractivity contribution in [2.24, 2.45) is 0 Å². The molecule has 0 bridgehead atoms. The molecule has 1 aromatic carbocycles. The molecule has 2 rings (SSSR count). The minimum Gasteiger partial charge on any atom is -0.0928 e. The summed E-state index contributed by atoms with van der Waals surface area (Å²) in [6.45, 7) is 4.41. The van der Waals surface area contributed by atoms with Gasteiger partial charge in [-0.15, -0.1) is 0 Å². The molecule has 1 heterocycles. The lowest BCUT2D eigenvalue weighted by Crippen LogP contribution is -1.94. The average molecular weight is 284 g/mol. The summed E-state index contributed by atoms with van der Waals surface area (Å²) in [6, 6.07) is 6.77. The summed E-state index contributed by atoms with van der Waals surface area (Å²) in [4.78, 5) is 0. The maximum Gasteiger partial charge on any atom is -0.0124 e. The fourth-order valence-corrected chi connectivity index (χ4v) is 3.87. The first-order valence-corrected chi connectivity index (χ1v) is 7.05. The Morgan fingerprint density at radius 3 is 2.92 bits per heavy atom. The Morgan fingerprint density at radius 2 is 2.15 bits per heavy atom. The Balaban J connectivity index is 2.59. The normalized spacial score (nSPS) is 14.5. The van der Waals surface area contributed by atoms with E-state index in [0.29, 0.717) is 0 Å². The first-order valence-electron chi connectivity index (χ1n) is 4.56. The van der Waals surface area contributed by atoms with Gasteiger partial charge in [0.1, 0.15) is 0 Å². The maximum absolute atomic E-state index is 2.45. The molecule has 0 aromatic heterocycles. The zero-order valence-electron chi connectivity index (χ0n) is 7.97.